The summed E-state index contributed by atoms with van der Waals surface area (Å²) >= 11 is 5.23. The van der Waals surface area contributed by atoms with Crippen molar-refractivity contribution in [1.82, 2.24) is 10.7 Å². The summed E-state index contributed by atoms with van der Waals surface area (Å²) < 4.78 is 5.76. The molecule has 0 spiro atoms. The maximum atomic E-state index is 5.76. The Morgan fingerprint density at radius 2 is 1.83 bits per heavy atom. The molecule has 0 saturated heterocycles. The van der Waals surface area contributed by atoms with E-state index in [4.69, 9.17) is 16.6 Å². The molecule has 0 atom stereocenters. The van der Waals surface area contributed by atoms with E-state index in [9.17, 15) is 0 Å². The van der Waals surface area contributed by atoms with Crippen molar-refractivity contribution in [3.63, 3.8) is 0 Å². The van der Waals surface area contributed by atoms with Crippen LogP contribution >= 0.6 is 12.2 Å². The van der Waals surface area contributed by atoms with E-state index < -0.39 is 0 Å². The predicted octanol–water partition coefficient (Wildman–Crippen LogP) is 3.82. The van der Waals surface area contributed by atoms with Gasteiger partial charge in [-0.2, -0.15) is 5.10 Å². The van der Waals surface area contributed by atoms with Gasteiger partial charge in [0, 0.05) is 11.9 Å². The molecule has 0 aliphatic carbocycles. The summed E-state index contributed by atoms with van der Waals surface area (Å²) in [5, 5.41) is 8.92. The Balaban J connectivity index is 1.59. The number of hydrogen-bond donors (Lipinski definition) is 2. The van der Waals surface area contributed by atoms with Crippen molar-refractivity contribution in [2.75, 3.05) is 0 Å². The highest BCUT2D eigenvalue weighted by molar-refractivity contribution is 7.80. The molecule has 2 N–H and O–H groups in total. The number of nitrogens with one attached hydrogen (secondary N) is 2. The average molecular weight is 323 g/mol. The van der Waals surface area contributed by atoms with Crippen molar-refractivity contribution in [2.24, 2.45) is 5.10 Å². The molecule has 0 aliphatic heterocycles. The fraction of sp³-hybridized carbons (Fsp3) is 0.111. The van der Waals surface area contributed by atoms with Gasteiger partial charge in [0.1, 0.15) is 11.3 Å². The van der Waals surface area contributed by atoms with E-state index in [-0.39, 0.29) is 0 Å². The van der Waals surface area contributed by atoms with E-state index in [0.717, 1.165) is 28.0 Å². The van der Waals surface area contributed by atoms with Crippen LogP contribution in [0.1, 0.15) is 18.2 Å². The molecule has 0 unspecified atom stereocenters. The number of nitrogens with zero attached hydrogens (tertiary/aromatic N) is 1. The zero-order valence-electron chi connectivity index (χ0n) is 12.7. The summed E-state index contributed by atoms with van der Waals surface area (Å²) in [6, 6.07) is 19.9. The fourth-order valence-corrected chi connectivity index (χ4v) is 2.29. The highest BCUT2D eigenvalue weighted by Crippen LogP contribution is 2.19. The molecule has 3 rings (SSSR count). The van der Waals surface area contributed by atoms with E-state index in [0.29, 0.717) is 11.7 Å². The zero-order valence-corrected chi connectivity index (χ0v) is 13.6. The normalized spacial score (nSPS) is 11.4. The quantitative estimate of drug-likeness (QED) is 0.435. The molecule has 0 aliphatic rings. The number of para-hydroxylation sites is 1. The lowest BCUT2D eigenvalue weighted by molar-refractivity contribution is 0.603. The van der Waals surface area contributed by atoms with Crippen molar-refractivity contribution in [3.8, 4) is 0 Å². The van der Waals surface area contributed by atoms with Gasteiger partial charge in [-0.3, -0.25) is 5.43 Å². The summed E-state index contributed by atoms with van der Waals surface area (Å²) in [4.78, 5) is 0. The highest BCUT2D eigenvalue weighted by Gasteiger charge is 2.06. The molecule has 2 aromatic carbocycles. The van der Waals surface area contributed by atoms with Crippen LogP contribution in [0.25, 0.3) is 11.0 Å². The third-order valence-electron chi connectivity index (χ3n) is 3.40. The predicted molar refractivity (Wildman–Crippen MR) is 97.4 cm³/mol. The Hall–Kier alpha value is -2.66. The van der Waals surface area contributed by atoms with Gasteiger partial charge in [0.15, 0.2) is 10.9 Å². The van der Waals surface area contributed by atoms with Crippen LogP contribution in [0.4, 0.5) is 0 Å². The minimum atomic E-state index is 0.476. The summed E-state index contributed by atoms with van der Waals surface area (Å²) in [6.45, 7) is 2.54. The second-order valence-corrected chi connectivity index (χ2v) is 5.53. The summed E-state index contributed by atoms with van der Waals surface area (Å²) in [5.74, 6) is 0.726. The van der Waals surface area contributed by atoms with Crippen molar-refractivity contribution in [2.45, 2.75) is 13.5 Å². The van der Waals surface area contributed by atoms with Crippen LogP contribution in [0.15, 0.2) is 70.2 Å². The first-order valence-corrected chi connectivity index (χ1v) is 7.74. The molecular weight excluding hydrogens is 306 g/mol. The standard InChI is InChI=1S/C18H17N3OS/c1-13(17-11-15-9-5-6-10-16(15)22-17)20-21-18(23)19-12-14-7-3-2-4-8-14/h2-11H,12H2,1H3,(H2,19,21,23)/b20-13-. The molecule has 116 valence electrons. The third kappa shape index (κ3) is 3.96. The SMILES string of the molecule is C/C(=N/NC(=S)NCc1ccccc1)c1cc2ccccc2o1. The van der Waals surface area contributed by atoms with Crippen LogP contribution in [0.2, 0.25) is 0 Å². The maximum Gasteiger partial charge on any atom is 0.187 e. The van der Waals surface area contributed by atoms with E-state index in [1.165, 1.54) is 0 Å². The van der Waals surface area contributed by atoms with Crippen molar-refractivity contribution >= 4 is 34.0 Å². The molecule has 3 aromatic rings. The van der Waals surface area contributed by atoms with Gasteiger partial charge in [-0.25, -0.2) is 0 Å². The topological polar surface area (TPSA) is 49.6 Å². The molecule has 1 aromatic heterocycles. The zero-order chi connectivity index (χ0) is 16.1. The van der Waals surface area contributed by atoms with Crippen molar-refractivity contribution < 1.29 is 4.42 Å². The lowest BCUT2D eigenvalue weighted by atomic mass is 10.2. The van der Waals surface area contributed by atoms with E-state index in [1.54, 1.807) is 0 Å². The first-order chi connectivity index (χ1) is 11.2. The fourth-order valence-electron chi connectivity index (χ4n) is 2.17. The molecule has 5 heteroatoms. The van der Waals surface area contributed by atoms with Gasteiger partial charge in [0.25, 0.3) is 0 Å². The number of hydrogen-bond acceptors (Lipinski definition) is 3. The van der Waals surface area contributed by atoms with Gasteiger partial charge in [0.05, 0.1) is 0 Å². The van der Waals surface area contributed by atoms with Crippen LogP contribution in [0, 0.1) is 0 Å². The Morgan fingerprint density at radius 1 is 1.09 bits per heavy atom. The van der Waals surface area contributed by atoms with E-state index >= 15 is 0 Å². The van der Waals surface area contributed by atoms with Crippen LogP contribution in [0.3, 0.4) is 0 Å². The Bertz CT molecular complexity index is 807. The number of rotatable bonds is 4. The molecule has 0 saturated carbocycles. The van der Waals surface area contributed by atoms with Crippen LogP contribution in [-0.4, -0.2) is 10.8 Å². The van der Waals surface area contributed by atoms with Crippen LogP contribution in [-0.2, 0) is 6.54 Å². The average Bonchev–Trinajstić information content (AvgIpc) is 3.03. The first kappa shape index (κ1) is 15.2. The minimum Gasteiger partial charge on any atom is -0.455 e. The molecule has 0 fully saturated rings. The molecule has 0 bridgehead atoms. The molecule has 4 nitrogen and oxygen atoms in total. The van der Waals surface area contributed by atoms with Crippen molar-refractivity contribution in [1.29, 1.82) is 0 Å². The maximum absolute atomic E-state index is 5.76. The van der Waals surface area contributed by atoms with E-state index in [1.807, 2.05) is 67.6 Å². The summed E-state index contributed by atoms with van der Waals surface area (Å²) in [7, 11) is 0. The summed E-state index contributed by atoms with van der Waals surface area (Å²) in [5.41, 5.74) is 5.60. The number of benzene rings is 2. The Labute approximate surface area is 140 Å². The van der Waals surface area contributed by atoms with Gasteiger partial charge in [-0.05, 0) is 36.8 Å². The Morgan fingerprint density at radius 3 is 2.61 bits per heavy atom. The van der Waals surface area contributed by atoms with Crippen LogP contribution in [0.5, 0.6) is 0 Å². The monoisotopic (exact) mass is 323 g/mol. The molecular formula is C18H17N3OS. The van der Waals surface area contributed by atoms with Gasteiger partial charge in [-0.1, -0.05) is 48.5 Å². The second-order valence-electron chi connectivity index (χ2n) is 5.13. The largest absolute Gasteiger partial charge is 0.455 e. The van der Waals surface area contributed by atoms with Gasteiger partial charge in [-0.15, -0.1) is 0 Å². The minimum absolute atomic E-state index is 0.476. The Kier molecular flexibility index (Phi) is 4.68. The third-order valence-corrected chi connectivity index (χ3v) is 3.64. The molecule has 0 radical (unpaired) electrons. The number of hydrazone groups is 1. The highest BCUT2D eigenvalue weighted by atomic mass is 32.1. The smallest absolute Gasteiger partial charge is 0.187 e. The lowest BCUT2D eigenvalue weighted by Gasteiger charge is -2.07. The summed E-state index contributed by atoms with van der Waals surface area (Å²) in [6.07, 6.45) is 0. The number of thiocarbonyl (C=S) groups is 1. The van der Waals surface area contributed by atoms with Gasteiger partial charge < -0.3 is 9.73 Å². The molecule has 1 heterocycles. The molecule has 0 amide bonds. The number of fused-ring (bicyclic) bond motifs is 1. The number of furan rings is 1. The van der Waals surface area contributed by atoms with Crippen molar-refractivity contribution in [3.05, 3.63) is 72.0 Å². The van der Waals surface area contributed by atoms with Crippen LogP contribution < -0.4 is 10.7 Å². The lowest BCUT2D eigenvalue weighted by Crippen LogP contribution is -2.32. The first-order valence-electron chi connectivity index (χ1n) is 7.33. The van der Waals surface area contributed by atoms with E-state index in [2.05, 4.69) is 15.8 Å². The molecule has 23 heavy (non-hydrogen) atoms. The van der Waals surface area contributed by atoms with Gasteiger partial charge >= 0.3 is 0 Å². The van der Waals surface area contributed by atoms with Gasteiger partial charge in [0.2, 0.25) is 0 Å². The second kappa shape index (κ2) is 7.07.